The molecule has 1 heterocycles. The van der Waals surface area contributed by atoms with Crippen molar-refractivity contribution >= 4 is 33.9 Å². The molecule has 1 aliphatic heterocycles. The van der Waals surface area contributed by atoms with Crippen LogP contribution in [0.1, 0.15) is 38.3 Å². The molecular weight excluding hydrogens is 397 g/mol. The Balaban J connectivity index is 1.89. The van der Waals surface area contributed by atoms with Crippen molar-refractivity contribution in [2.24, 2.45) is 0 Å². The van der Waals surface area contributed by atoms with Crippen LogP contribution in [0.5, 0.6) is 0 Å². The van der Waals surface area contributed by atoms with Crippen molar-refractivity contribution in [3.8, 4) is 0 Å². The molecular formula is C17H17BrFNO5. The molecule has 3 rings (SSSR count). The Morgan fingerprint density at radius 3 is 2.72 bits per heavy atom. The maximum Gasteiger partial charge on any atom is 0.418 e. The monoisotopic (exact) mass is 413 g/mol. The van der Waals surface area contributed by atoms with Gasteiger partial charge in [0.1, 0.15) is 18.0 Å². The van der Waals surface area contributed by atoms with Crippen molar-refractivity contribution in [2.75, 3.05) is 6.54 Å². The van der Waals surface area contributed by atoms with Crippen LogP contribution in [0.25, 0.3) is 0 Å². The van der Waals surface area contributed by atoms with Gasteiger partial charge in [-0.1, -0.05) is 6.07 Å². The molecule has 6 nitrogen and oxygen atoms in total. The molecule has 0 N–H and O–H groups in total. The third kappa shape index (κ3) is 2.92. The number of imide groups is 1. The zero-order valence-electron chi connectivity index (χ0n) is 14.0. The Morgan fingerprint density at radius 2 is 2.08 bits per heavy atom. The molecule has 1 saturated heterocycles. The minimum absolute atomic E-state index is 0.144. The first kappa shape index (κ1) is 17.8. The zero-order chi connectivity index (χ0) is 18.6. The number of esters is 1. The van der Waals surface area contributed by atoms with Crippen LogP contribution in [0.15, 0.2) is 16.6 Å². The number of benzene rings is 1. The minimum Gasteiger partial charge on any atom is -0.459 e. The Bertz CT molecular complexity index is 788. The summed E-state index contributed by atoms with van der Waals surface area (Å²) >= 11 is 3.11. The third-order valence-electron chi connectivity index (χ3n) is 4.14. The highest BCUT2D eigenvalue weighted by Crippen LogP contribution is 2.46. The number of carbonyl (C=O) groups excluding carboxylic acids is 3. The number of carbonyl (C=O) groups is 3. The van der Waals surface area contributed by atoms with Gasteiger partial charge in [-0.05, 0) is 54.8 Å². The SMILES string of the molecule is CC(C)(C)OC(=O)CN1C(=O)OC2(CCc3c2ccc(Br)c3F)C1=O. The zero-order valence-corrected chi connectivity index (χ0v) is 15.6. The van der Waals surface area contributed by atoms with Crippen LogP contribution in [0.4, 0.5) is 9.18 Å². The lowest BCUT2D eigenvalue weighted by Gasteiger charge is -2.22. The first-order valence-corrected chi connectivity index (χ1v) is 8.58. The highest BCUT2D eigenvalue weighted by Gasteiger charge is 2.59. The van der Waals surface area contributed by atoms with Crippen molar-refractivity contribution in [1.82, 2.24) is 4.90 Å². The second-order valence-corrected chi connectivity index (χ2v) is 7.91. The second-order valence-electron chi connectivity index (χ2n) is 7.06. The molecule has 1 aromatic rings. The number of fused-ring (bicyclic) bond motifs is 2. The van der Waals surface area contributed by atoms with Gasteiger partial charge in [0.2, 0.25) is 5.60 Å². The summed E-state index contributed by atoms with van der Waals surface area (Å²) in [5, 5.41) is 0. The molecule has 0 saturated carbocycles. The number of nitrogens with zero attached hydrogens (tertiary/aromatic N) is 1. The average Bonchev–Trinajstić information content (AvgIpc) is 2.96. The van der Waals surface area contributed by atoms with Gasteiger partial charge >= 0.3 is 12.1 Å². The van der Waals surface area contributed by atoms with Gasteiger partial charge in [-0.15, -0.1) is 0 Å². The van der Waals surface area contributed by atoms with E-state index in [9.17, 15) is 18.8 Å². The highest BCUT2D eigenvalue weighted by atomic mass is 79.9. The molecule has 134 valence electrons. The van der Waals surface area contributed by atoms with Crippen molar-refractivity contribution in [3.05, 3.63) is 33.5 Å². The van der Waals surface area contributed by atoms with Crippen molar-refractivity contribution in [1.29, 1.82) is 0 Å². The van der Waals surface area contributed by atoms with Gasteiger partial charge in [-0.3, -0.25) is 9.59 Å². The number of ether oxygens (including phenoxy) is 2. The van der Waals surface area contributed by atoms with E-state index in [1.807, 2.05) is 0 Å². The molecule has 8 heteroatoms. The molecule has 1 aliphatic carbocycles. The number of rotatable bonds is 2. The molecule has 1 aromatic carbocycles. The lowest BCUT2D eigenvalue weighted by Crippen LogP contribution is -2.41. The largest absolute Gasteiger partial charge is 0.459 e. The lowest BCUT2D eigenvalue weighted by molar-refractivity contribution is -0.157. The molecule has 2 amide bonds. The maximum atomic E-state index is 14.3. The van der Waals surface area contributed by atoms with Crippen LogP contribution in [-0.4, -0.2) is 35.0 Å². The minimum atomic E-state index is -1.56. The molecule has 0 aromatic heterocycles. The maximum absolute atomic E-state index is 14.3. The van der Waals surface area contributed by atoms with Gasteiger partial charge in [0, 0.05) is 12.0 Å². The average molecular weight is 414 g/mol. The van der Waals surface area contributed by atoms with Crippen LogP contribution >= 0.6 is 15.9 Å². The fourth-order valence-corrected chi connectivity index (χ4v) is 3.54. The van der Waals surface area contributed by atoms with Gasteiger partial charge in [-0.25, -0.2) is 14.1 Å². The fourth-order valence-electron chi connectivity index (χ4n) is 3.17. The van der Waals surface area contributed by atoms with E-state index in [4.69, 9.17) is 9.47 Å². The van der Waals surface area contributed by atoms with Crippen LogP contribution in [-0.2, 0) is 31.1 Å². The molecule has 0 bridgehead atoms. The highest BCUT2D eigenvalue weighted by molar-refractivity contribution is 9.10. The van der Waals surface area contributed by atoms with E-state index in [0.717, 1.165) is 4.90 Å². The van der Waals surface area contributed by atoms with E-state index in [0.29, 0.717) is 11.1 Å². The van der Waals surface area contributed by atoms with E-state index in [2.05, 4.69) is 15.9 Å². The van der Waals surface area contributed by atoms with Crippen molar-refractivity contribution in [2.45, 2.75) is 44.8 Å². The van der Waals surface area contributed by atoms with E-state index in [-0.39, 0.29) is 17.3 Å². The van der Waals surface area contributed by atoms with E-state index in [1.165, 1.54) is 6.07 Å². The van der Waals surface area contributed by atoms with Gasteiger partial charge in [0.25, 0.3) is 5.91 Å². The molecule has 0 radical (unpaired) electrons. The molecule has 1 spiro atoms. The summed E-state index contributed by atoms with van der Waals surface area (Å²) in [5.41, 5.74) is -1.62. The molecule has 1 unspecified atom stereocenters. The molecule has 1 atom stereocenters. The second kappa shape index (κ2) is 5.79. The van der Waals surface area contributed by atoms with Gasteiger partial charge in [-0.2, -0.15) is 0 Å². The number of amides is 2. The smallest absolute Gasteiger partial charge is 0.418 e. The van der Waals surface area contributed by atoms with Gasteiger partial charge in [0.05, 0.1) is 4.47 Å². The quantitative estimate of drug-likeness (QED) is 0.696. The summed E-state index contributed by atoms with van der Waals surface area (Å²) in [6.45, 7) is 4.52. The number of hydrogen-bond donors (Lipinski definition) is 0. The standard InChI is InChI=1S/C17H17BrFNO5/c1-16(2,3)24-12(21)8-20-14(22)17(25-15(20)23)7-6-9-10(17)4-5-11(18)13(9)19/h4-5H,6-8H2,1-3H3. The van der Waals surface area contributed by atoms with Crippen LogP contribution in [0.3, 0.4) is 0 Å². The Morgan fingerprint density at radius 1 is 1.40 bits per heavy atom. The third-order valence-corrected chi connectivity index (χ3v) is 4.75. The Hall–Kier alpha value is -1.96. The number of hydrogen-bond acceptors (Lipinski definition) is 5. The summed E-state index contributed by atoms with van der Waals surface area (Å²) in [4.78, 5) is 37.7. The van der Waals surface area contributed by atoms with Crippen molar-refractivity contribution in [3.63, 3.8) is 0 Å². The summed E-state index contributed by atoms with van der Waals surface area (Å²) in [7, 11) is 0. The van der Waals surface area contributed by atoms with Crippen LogP contribution in [0.2, 0.25) is 0 Å². The summed E-state index contributed by atoms with van der Waals surface area (Å²) in [5.74, 6) is -1.84. The normalized spacial score (nSPS) is 22.4. The van der Waals surface area contributed by atoms with Gasteiger partial charge in [0.15, 0.2) is 0 Å². The van der Waals surface area contributed by atoms with E-state index in [1.54, 1.807) is 26.8 Å². The molecule has 2 aliphatic rings. The summed E-state index contributed by atoms with van der Waals surface area (Å²) < 4.78 is 25.0. The van der Waals surface area contributed by atoms with Gasteiger partial charge < -0.3 is 9.47 Å². The predicted molar refractivity (Wildman–Crippen MR) is 88.1 cm³/mol. The first-order chi connectivity index (χ1) is 11.5. The first-order valence-electron chi connectivity index (χ1n) is 7.79. The molecule has 1 fully saturated rings. The molecule has 25 heavy (non-hydrogen) atoms. The van der Waals surface area contributed by atoms with E-state index < -0.39 is 41.5 Å². The lowest BCUT2D eigenvalue weighted by atomic mass is 9.95. The van der Waals surface area contributed by atoms with E-state index >= 15 is 0 Å². The topological polar surface area (TPSA) is 72.9 Å². The summed E-state index contributed by atoms with van der Waals surface area (Å²) in [6, 6.07) is 3.04. The van der Waals surface area contributed by atoms with Crippen LogP contribution < -0.4 is 0 Å². The van der Waals surface area contributed by atoms with Crippen molar-refractivity contribution < 1.29 is 28.2 Å². The number of halogens is 2. The fraction of sp³-hybridized carbons (Fsp3) is 0.471. The van der Waals surface area contributed by atoms with Crippen LogP contribution in [0, 0.1) is 5.82 Å². The predicted octanol–water partition coefficient (Wildman–Crippen LogP) is 3.05. The summed E-state index contributed by atoms with van der Waals surface area (Å²) in [6.07, 6.45) is -0.516. The Labute approximate surface area is 152 Å². The Kier molecular flexibility index (Phi) is 4.14.